The molecule has 1 aromatic carbocycles. The molecule has 1 aromatic heterocycles. The number of benzene rings is 1. The molecule has 0 aliphatic heterocycles. The fourth-order valence-corrected chi connectivity index (χ4v) is 2.29. The number of hydrogen-bond acceptors (Lipinski definition) is 5. The van der Waals surface area contributed by atoms with Gasteiger partial charge in [0.05, 0.1) is 24.0 Å². The normalized spacial score (nSPS) is 11.5. The van der Waals surface area contributed by atoms with E-state index in [0.717, 1.165) is 11.4 Å². The van der Waals surface area contributed by atoms with E-state index in [1.165, 1.54) is 0 Å². The summed E-state index contributed by atoms with van der Waals surface area (Å²) in [5.41, 5.74) is 2.51. The average molecular weight is 341 g/mol. The zero-order valence-corrected chi connectivity index (χ0v) is 14.6. The van der Waals surface area contributed by atoms with Crippen LogP contribution in [0.4, 0.5) is 17.2 Å². The molecule has 3 N–H and O–H groups in total. The van der Waals surface area contributed by atoms with Gasteiger partial charge in [0.2, 0.25) is 12.3 Å². The van der Waals surface area contributed by atoms with Gasteiger partial charge in [-0.05, 0) is 38.2 Å². The summed E-state index contributed by atoms with van der Waals surface area (Å²) < 4.78 is 0. The Labute approximate surface area is 147 Å². The van der Waals surface area contributed by atoms with Gasteiger partial charge >= 0.3 is 0 Å². The predicted molar refractivity (Wildman–Crippen MR) is 98.8 cm³/mol. The highest BCUT2D eigenvalue weighted by Gasteiger charge is 2.15. The Balaban J connectivity index is 2.30. The van der Waals surface area contributed by atoms with Crippen molar-refractivity contribution in [3.63, 3.8) is 0 Å². The molecule has 0 fully saturated rings. The molecule has 1 heterocycles. The van der Waals surface area contributed by atoms with Crippen molar-refractivity contribution in [2.75, 3.05) is 24.3 Å². The smallest absolute Gasteiger partial charge is 0.242 e. The zero-order chi connectivity index (χ0) is 18.2. The Morgan fingerprint density at radius 1 is 1.24 bits per heavy atom. The van der Waals surface area contributed by atoms with E-state index < -0.39 is 0 Å². The van der Waals surface area contributed by atoms with Gasteiger partial charge in [-0.1, -0.05) is 18.2 Å². The maximum Gasteiger partial charge on any atom is 0.242 e. The van der Waals surface area contributed by atoms with Gasteiger partial charge in [0.25, 0.3) is 0 Å². The third kappa shape index (κ3) is 4.77. The van der Waals surface area contributed by atoms with E-state index in [1.54, 1.807) is 20.0 Å². The molecule has 132 valence electrons. The van der Waals surface area contributed by atoms with Gasteiger partial charge < -0.3 is 20.9 Å². The molecule has 7 heteroatoms. The van der Waals surface area contributed by atoms with E-state index in [-0.39, 0.29) is 18.5 Å². The number of nitrogens with one attached hydrogen (secondary N) is 3. The molecule has 7 nitrogen and oxygen atoms in total. The molecule has 2 rings (SSSR count). The average Bonchev–Trinajstić information content (AvgIpc) is 2.65. The van der Waals surface area contributed by atoms with E-state index in [2.05, 4.69) is 20.9 Å². The Morgan fingerprint density at radius 3 is 2.60 bits per heavy atom. The summed E-state index contributed by atoms with van der Waals surface area (Å²) >= 11 is 0. The topological polar surface area (TPSA) is 86.4 Å². The third-order valence-corrected chi connectivity index (χ3v) is 3.89. The van der Waals surface area contributed by atoms with Crippen molar-refractivity contribution < 1.29 is 9.59 Å². The number of pyridine rings is 1. The highest BCUT2D eigenvalue weighted by molar-refractivity contribution is 5.93. The van der Waals surface area contributed by atoms with Crippen LogP contribution < -0.4 is 20.9 Å². The van der Waals surface area contributed by atoms with Crippen LogP contribution in [0.5, 0.6) is 0 Å². The minimum Gasteiger partial charge on any atom is -0.353 e. The number of hydrogen-bond donors (Lipinski definition) is 3. The fraction of sp³-hybridized carbons (Fsp3) is 0.278. The summed E-state index contributed by atoms with van der Waals surface area (Å²) in [6.45, 7) is 2.03. The fourth-order valence-electron chi connectivity index (χ4n) is 2.29. The lowest BCUT2D eigenvalue weighted by Crippen LogP contribution is -2.35. The van der Waals surface area contributed by atoms with Gasteiger partial charge in [-0.2, -0.15) is 0 Å². The number of nitrogens with zero attached hydrogens (tertiary/aromatic N) is 2. The number of carbonyl (C=O) groups is 2. The maximum absolute atomic E-state index is 12.0. The molecular formula is C18H23N5O2. The first-order valence-corrected chi connectivity index (χ1v) is 8.00. The first kappa shape index (κ1) is 18.4. The SMILES string of the molecule is CN[C@@H](C)C(=O)Nc1ccc(N(C)c2ccccc2)c(CNC=O)n1. The molecule has 0 unspecified atom stereocenters. The van der Waals surface area contributed by atoms with E-state index >= 15 is 0 Å². The molecule has 2 amide bonds. The van der Waals surface area contributed by atoms with Gasteiger partial charge in [-0.15, -0.1) is 0 Å². The summed E-state index contributed by atoms with van der Waals surface area (Å²) in [6, 6.07) is 13.1. The summed E-state index contributed by atoms with van der Waals surface area (Å²) in [7, 11) is 3.65. The highest BCUT2D eigenvalue weighted by Crippen LogP contribution is 2.27. The second-order valence-electron chi connectivity index (χ2n) is 5.56. The number of aromatic nitrogens is 1. The van der Waals surface area contributed by atoms with Crippen LogP contribution in [-0.4, -0.2) is 37.4 Å². The standard InChI is InChI=1S/C18H23N5O2/c1-13(19-2)18(25)22-17-10-9-16(15(21-17)11-20-12-24)23(3)14-7-5-4-6-8-14/h4-10,12-13,19H,11H2,1-3H3,(H,20,24)(H,21,22,25)/t13-/m0/s1. The van der Waals surface area contributed by atoms with Crippen molar-refractivity contribution in [1.29, 1.82) is 0 Å². The van der Waals surface area contributed by atoms with E-state index in [1.807, 2.05) is 48.3 Å². The van der Waals surface area contributed by atoms with Crippen LogP contribution >= 0.6 is 0 Å². The minimum absolute atomic E-state index is 0.173. The number of likely N-dealkylation sites (N-methyl/N-ethyl adjacent to an activating group) is 1. The lowest BCUT2D eigenvalue weighted by molar-refractivity contribution is -0.117. The Hall–Kier alpha value is -2.93. The molecule has 0 aliphatic carbocycles. The first-order chi connectivity index (χ1) is 12.1. The molecule has 2 aromatic rings. The third-order valence-electron chi connectivity index (χ3n) is 3.89. The lowest BCUT2D eigenvalue weighted by atomic mass is 10.2. The summed E-state index contributed by atoms with van der Waals surface area (Å²) in [5.74, 6) is 0.272. The van der Waals surface area contributed by atoms with Gasteiger partial charge in [0.15, 0.2) is 0 Å². The van der Waals surface area contributed by atoms with Crippen LogP contribution in [0.3, 0.4) is 0 Å². The Kier molecular flexibility index (Phi) is 6.47. The molecule has 0 spiro atoms. The largest absolute Gasteiger partial charge is 0.353 e. The van der Waals surface area contributed by atoms with Gasteiger partial charge in [0.1, 0.15) is 5.82 Å². The van der Waals surface area contributed by atoms with Crippen LogP contribution in [0.15, 0.2) is 42.5 Å². The van der Waals surface area contributed by atoms with Gasteiger partial charge in [-0.3, -0.25) is 9.59 Å². The van der Waals surface area contributed by atoms with Crippen LogP contribution in [0.2, 0.25) is 0 Å². The molecular weight excluding hydrogens is 318 g/mol. The second-order valence-corrected chi connectivity index (χ2v) is 5.56. The molecule has 0 saturated heterocycles. The van der Waals surface area contributed by atoms with Crippen molar-refractivity contribution >= 4 is 29.5 Å². The number of carbonyl (C=O) groups excluding carboxylic acids is 2. The zero-order valence-electron chi connectivity index (χ0n) is 14.6. The monoisotopic (exact) mass is 341 g/mol. The predicted octanol–water partition coefficient (Wildman–Crippen LogP) is 1.64. The molecule has 25 heavy (non-hydrogen) atoms. The quantitative estimate of drug-likeness (QED) is 0.636. The van der Waals surface area contributed by atoms with Crippen LogP contribution in [0.1, 0.15) is 12.6 Å². The van der Waals surface area contributed by atoms with Crippen LogP contribution in [0, 0.1) is 0 Å². The van der Waals surface area contributed by atoms with Gasteiger partial charge in [0, 0.05) is 12.7 Å². The minimum atomic E-state index is -0.329. The van der Waals surface area contributed by atoms with Crippen LogP contribution in [0.25, 0.3) is 0 Å². The van der Waals surface area contributed by atoms with Crippen LogP contribution in [-0.2, 0) is 16.1 Å². The van der Waals surface area contributed by atoms with Crippen molar-refractivity contribution in [3.05, 3.63) is 48.2 Å². The first-order valence-electron chi connectivity index (χ1n) is 8.00. The van der Waals surface area contributed by atoms with Crippen molar-refractivity contribution in [2.45, 2.75) is 19.5 Å². The molecule has 0 aliphatic rings. The van der Waals surface area contributed by atoms with Crippen molar-refractivity contribution in [1.82, 2.24) is 15.6 Å². The summed E-state index contributed by atoms with van der Waals surface area (Å²) in [6.07, 6.45) is 0.627. The maximum atomic E-state index is 12.0. The number of anilines is 3. The molecule has 0 radical (unpaired) electrons. The molecule has 0 bridgehead atoms. The molecule has 0 saturated carbocycles. The second kappa shape index (κ2) is 8.79. The lowest BCUT2D eigenvalue weighted by Gasteiger charge is -2.22. The van der Waals surface area contributed by atoms with Crippen molar-refractivity contribution in [2.24, 2.45) is 0 Å². The number of rotatable bonds is 8. The summed E-state index contributed by atoms with van der Waals surface area (Å²) in [5, 5.41) is 8.28. The Bertz CT molecular complexity index is 721. The molecule has 1 atom stereocenters. The van der Waals surface area contributed by atoms with E-state index in [0.29, 0.717) is 17.9 Å². The number of amides is 2. The Morgan fingerprint density at radius 2 is 1.96 bits per heavy atom. The van der Waals surface area contributed by atoms with E-state index in [9.17, 15) is 9.59 Å². The highest BCUT2D eigenvalue weighted by atomic mass is 16.2. The number of para-hydroxylation sites is 1. The summed E-state index contributed by atoms with van der Waals surface area (Å²) in [4.78, 5) is 29.2. The van der Waals surface area contributed by atoms with E-state index in [4.69, 9.17) is 0 Å². The van der Waals surface area contributed by atoms with Crippen molar-refractivity contribution in [3.8, 4) is 0 Å². The van der Waals surface area contributed by atoms with Gasteiger partial charge in [-0.25, -0.2) is 4.98 Å².